The predicted octanol–water partition coefficient (Wildman–Crippen LogP) is 4.56. The summed E-state index contributed by atoms with van der Waals surface area (Å²) in [7, 11) is 0. The highest BCUT2D eigenvalue weighted by molar-refractivity contribution is 6.26. The van der Waals surface area contributed by atoms with E-state index in [0.717, 1.165) is 0 Å². The summed E-state index contributed by atoms with van der Waals surface area (Å²) < 4.78 is 1.27. The molecule has 3 aromatic rings. The highest BCUT2D eigenvalue weighted by Crippen LogP contribution is 2.43. The second-order valence-corrected chi connectivity index (χ2v) is 8.24. The minimum Gasteiger partial charge on any atom is -0.512 e. The van der Waals surface area contributed by atoms with Crippen molar-refractivity contribution in [1.29, 1.82) is 0 Å². The third-order valence-electron chi connectivity index (χ3n) is 5.36. The van der Waals surface area contributed by atoms with E-state index in [1.807, 2.05) is 13.8 Å². The van der Waals surface area contributed by atoms with Crippen molar-refractivity contribution in [3.8, 4) is 5.69 Å². The van der Waals surface area contributed by atoms with Crippen LogP contribution >= 0.6 is 0 Å². The molecule has 0 amide bonds. The standard InChI is InChI=1S/C23H20N2O5/c1-23(2)12-17(26)20(18(27)13-23)19-15-10-6-7-11-16(15)24(14-8-4-3-5-9-14)22(28)21(19)25(29)30/h3-11,26H,12-13H2,1-2H3. The van der Waals surface area contributed by atoms with Crippen LogP contribution in [0.3, 0.4) is 0 Å². The summed E-state index contributed by atoms with van der Waals surface area (Å²) in [5, 5.41) is 23.1. The molecule has 0 unspecified atom stereocenters. The van der Waals surface area contributed by atoms with Crippen LogP contribution in [0.2, 0.25) is 0 Å². The van der Waals surface area contributed by atoms with Crippen LogP contribution in [0.1, 0.15) is 32.3 Å². The van der Waals surface area contributed by atoms with Gasteiger partial charge in [0.15, 0.2) is 5.78 Å². The van der Waals surface area contributed by atoms with E-state index in [9.17, 15) is 24.8 Å². The second kappa shape index (κ2) is 6.95. The lowest BCUT2D eigenvalue weighted by atomic mass is 9.74. The highest BCUT2D eigenvalue weighted by atomic mass is 16.6. The maximum Gasteiger partial charge on any atom is 0.343 e. The number of pyridine rings is 1. The van der Waals surface area contributed by atoms with Gasteiger partial charge in [-0.1, -0.05) is 50.2 Å². The number of ketones is 1. The molecule has 1 aliphatic rings. The smallest absolute Gasteiger partial charge is 0.343 e. The van der Waals surface area contributed by atoms with Crippen LogP contribution < -0.4 is 5.56 Å². The molecule has 0 fully saturated rings. The molecule has 152 valence electrons. The lowest BCUT2D eigenvalue weighted by Crippen LogP contribution is -2.28. The Morgan fingerprint density at radius 3 is 2.27 bits per heavy atom. The Balaban J connectivity index is 2.18. The first-order valence-electron chi connectivity index (χ1n) is 9.54. The van der Waals surface area contributed by atoms with Gasteiger partial charge in [0.25, 0.3) is 0 Å². The van der Waals surface area contributed by atoms with Crippen LogP contribution in [0.5, 0.6) is 0 Å². The average Bonchev–Trinajstić information content (AvgIpc) is 2.67. The molecule has 1 N–H and O–H groups in total. The maximum absolute atomic E-state index is 13.3. The van der Waals surface area contributed by atoms with Crippen molar-refractivity contribution in [2.24, 2.45) is 5.41 Å². The normalized spacial score (nSPS) is 16.1. The van der Waals surface area contributed by atoms with Gasteiger partial charge in [0.05, 0.1) is 21.6 Å². The Kier molecular flexibility index (Phi) is 4.53. The van der Waals surface area contributed by atoms with E-state index in [1.165, 1.54) is 4.57 Å². The molecular formula is C23H20N2O5. The molecule has 4 rings (SSSR count). The number of aliphatic hydroxyl groups is 1. The van der Waals surface area contributed by atoms with Gasteiger partial charge < -0.3 is 5.11 Å². The molecule has 1 aliphatic carbocycles. The van der Waals surface area contributed by atoms with Crippen LogP contribution in [-0.4, -0.2) is 20.4 Å². The van der Waals surface area contributed by atoms with Crippen molar-refractivity contribution < 1.29 is 14.8 Å². The van der Waals surface area contributed by atoms with Crippen molar-refractivity contribution in [3.05, 3.63) is 86.4 Å². The van der Waals surface area contributed by atoms with Gasteiger partial charge in [-0.3, -0.25) is 24.3 Å². The second-order valence-electron chi connectivity index (χ2n) is 8.24. The van der Waals surface area contributed by atoms with Crippen molar-refractivity contribution >= 4 is 27.9 Å². The zero-order valence-electron chi connectivity index (χ0n) is 16.6. The van der Waals surface area contributed by atoms with Gasteiger partial charge in [0.1, 0.15) is 5.76 Å². The maximum atomic E-state index is 13.3. The molecule has 1 heterocycles. The number of allylic oxidation sites excluding steroid dienone is 2. The molecule has 0 spiro atoms. The van der Waals surface area contributed by atoms with Crippen LogP contribution in [0.15, 0.2) is 65.2 Å². The first-order valence-corrected chi connectivity index (χ1v) is 9.54. The molecule has 0 aliphatic heterocycles. The molecule has 0 radical (unpaired) electrons. The zero-order chi connectivity index (χ0) is 21.6. The number of hydrogen-bond acceptors (Lipinski definition) is 5. The summed E-state index contributed by atoms with van der Waals surface area (Å²) in [4.78, 5) is 37.6. The van der Waals surface area contributed by atoms with Gasteiger partial charge >= 0.3 is 11.2 Å². The molecule has 0 saturated carbocycles. The van der Waals surface area contributed by atoms with Crippen molar-refractivity contribution in [2.45, 2.75) is 26.7 Å². The van der Waals surface area contributed by atoms with E-state index >= 15 is 0 Å². The number of hydrogen-bond donors (Lipinski definition) is 1. The molecule has 2 aromatic carbocycles. The zero-order valence-corrected chi connectivity index (χ0v) is 16.6. The summed E-state index contributed by atoms with van der Waals surface area (Å²) in [6.45, 7) is 3.69. The fourth-order valence-corrected chi connectivity index (χ4v) is 4.16. The number of carbonyl (C=O) groups is 1. The quantitative estimate of drug-likeness (QED) is 0.509. The topological polar surface area (TPSA) is 102 Å². The van der Waals surface area contributed by atoms with Crippen LogP contribution in [0.25, 0.3) is 22.2 Å². The molecular weight excluding hydrogens is 384 g/mol. The van der Waals surface area contributed by atoms with Crippen LogP contribution in [-0.2, 0) is 4.79 Å². The van der Waals surface area contributed by atoms with Gasteiger partial charge in [0, 0.05) is 23.9 Å². The average molecular weight is 404 g/mol. The monoisotopic (exact) mass is 404 g/mol. The largest absolute Gasteiger partial charge is 0.512 e. The van der Waals surface area contributed by atoms with E-state index in [0.29, 0.717) is 16.6 Å². The third-order valence-corrected chi connectivity index (χ3v) is 5.36. The molecule has 7 nitrogen and oxygen atoms in total. The lowest BCUT2D eigenvalue weighted by Gasteiger charge is -2.30. The number of Topliss-reactive ketones (excluding diaryl/α,β-unsaturated/α-hetero) is 1. The van der Waals surface area contributed by atoms with Crippen LogP contribution in [0, 0.1) is 15.5 Å². The number of aliphatic hydroxyl groups excluding tert-OH is 1. The summed E-state index contributed by atoms with van der Waals surface area (Å²) >= 11 is 0. The van der Waals surface area contributed by atoms with Gasteiger partial charge in [0.2, 0.25) is 0 Å². The first-order chi connectivity index (χ1) is 14.2. The lowest BCUT2D eigenvalue weighted by molar-refractivity contribution is -0.386. The number of carbonyl (C=O) groups excluding carboxylic acids is 1. The van der Waals surface area contributed by atoms with Gasteiger partial charge in [-0.15, -0.1) is 0 Å². The molecule has 0 bridgehead atoms. The first kappa shape index (κ1) is 19.6. The van der Waals surface area contributed by atoms with Crippen molar-refractivity contribution in [3.63, 3.8) is 0 Å². The Morgan fingerprint density at radius 2 is 1.63 bits per heavy atom. The third kappa shape index (κ3) is 3.08. The molecule has 0 atom stereocenters. The number of para-hydroxylation sites is 2. The number of benzene rings is 2. The van der Waals surface area contributed by atoms with E-state index in [1.54, 1.807) is 54.6 Å². The fourth-order valence-electron chi connectivity index (χ4n) is 4.16. The number of fused-ring (bicyclic) bond motifs is 1. The van der Waals surface area contributed by atoms with Gasteiger partial charge in [-0.25, -0.2) is 0 Å². The Morgan fingerprint density at radius 1 is 1.00 bits per heavy atom. The number of rotatable bonds is 3. The Labute approximate surface area is 172 Å². The van der Waals surface area contributed by atoms with E-state index in [-0.39, 0.29) is 29.7 Å². The Bertz CT molecular complexity index is 1290. The number of aromatic nitrogens is 1. The predicted molar refractivity (Wildman–Crippen MR) is 114 cm³/mol. The van der Waals surface area contributed by atoms with Crippen LogP contribution in [0.4, 0.5) is 5.69 Å². The van der Waals surface area contributed by atoms with Crippen molar-refractivity contribution in [1.82, 2.24) is 4.57 Å². The summed E-state index contributed by atoms with van der Waals surface area (Å²) in [6.07, 6.45) is 0.320. The molecule has 7 heteroatoms. The summed E-state index contributed by atoms with van der Waals surface area (Å²) in [5.74, 6) is -0.629. The molecule has 0 saturated heterocycles. The summed E-state index contributed by atoms with van der Waals surface area (Å²) in [6, 6.07) is 15.3. The van der Waals surface area contributed by atoms with Crippen molar-refractivity contribution in [2.75, 3.05) is 0 Å². The summed E-state index contributed by atoms with van der Waals surface area (Å²) in [5.41, 5.74) is -1.37. The fraction of sp³-hybridized carbons (Fsp3) is 0.217. The van der Waals surface area contributed by atoms with E-state index in [4.69, 9.17) is 0 Å². The number of nitro groups is 1. The molecule has 1 aromatic heterocycles. The molecule has 30 heavy (non-hydrogen) atoms. The van der Waals surface area contributed by atoms with Gasteiger partial charge in [-0.2, -0.15) is 0 Å². The number of nitrogens with zero attached hydrogens (tertiary/aromatic N) is 2. The SMILES string of the molecule is CC1(C)CC(=O)C(c2c([N+](=O)[O-])c(=O)n(-c3ccccc3)c3ccccc23)=C(O)C1. The minimum absolute atomic E-state index is 0.106. The van der Waals surface area contributed by atoms with Gasteiger partial charge in [-0.05, 0) is 23.6 Å². The highest BCUT2D eigenvalue weighted by Gasteiger charge is 2.39. The van der Waals surface area contributed by atoms with E-state index < -0.39 is 27.4 Å². The minimum atomic E-state index is -0.849. The Hall–Kier alpha value is -3.74. The van der Waals surface area contributed by atoms with E-state index in [2.05, 4.69) is 0 Å².